The number of nitrogens with zero attached hydrogens (tertiary/aromatic N) is 2. The fraction of sp³-hybridized carbons (Fsp3) is 0.406. The third-order valence-electron chi connectivity index (χ3n) is 7.89. The standard InChI is InChI=1S/C32H40N4O3/c1-33-31(38)28(19-23-10-5-4-6-11-23)36(3)32(39)29(35(2)30(37)21-25-12-9-17-34-22-25)20-24-15-16-26-13-7-8-14-27(26)18-24/h4-8,10-11,13-16,18,25,28-29,34H,9,12,17,19-22H2,1-3H3,(H,33,38)/t25-,28-,29-/m1/s1. The van der Waals surface area contributed by atoms with Gasteiger partial charge in [0.25, 0.3) is 0 Å². The molecule has 3 aromatic carbocycles. The van der Waals surface area contributed by atoms with Crippen molar-refractivity contribution in [3.8, 4) is 0 Å². The van der Waals surface area contributed by atoms with Gasteiger partial charge in [-0.3, -0.25) is 14.4 Å². The van der Waals surface area contributed by atoms with Crippen molar-refractivity contribution < 1.29 is 14.4 Å². The second kappa shape index (κ2) is 13.4. The molecule has 39 heavy (non-hydrogen) atoms. The molecule has 7 heteroatoms. The number of carbonyl (C=O) groups excluding carboxylic acids is 3. The molecule has 3 aromatic rings. The maximum absolute atomic E-state index is 14.1. The van der Waals surface area contributed by atoms with Gasteiger partial charge in [-0.1, -0.05) is 72.8 Å². The molecule has 3 amide bonds. The van der Waals surface area contributed by atoms with Crippen LogP contribution in [0.15, 0.2) is 72.8 Å². The molecule has 0 saturated carbocycles. The number of rotatable bonds is 10. The highest BCUT2D eigenvalue weighted by atomic mass is 16.2. The van der Waals surface area contributed by atoms with Crippen LogP contribution in [0.2, 0.25) is 0 Å². The van der Waals surface area contributed by atoms with E-state index in [0.29, 0.717) is 19.3 Å². The minimum absolute atomic E-state index is 0.0456. The number of benzene rings is 3. The average Bonchev–Trinajstić information content (AvgIpc) is 2.98. The molecule has 0 radical (unpaired) electrons. The number of fused-ring (bicyclic) bond motifs is 1. The van der Waals surface area contributed by atoms with Gasteiger partial charge in [0.1, 0.15) is 12.1 Å². The lowest BCUT2D eigenvalue weighted by molar-refractivity contribution is -0.147. The number of amides is 3. The van der Waals surface area contributed by atoms with Crippen LogP contribution in [0.3, 0.4) is 0 Å². The van der Waals surface area contributed by atoms with Crippen LogP contribution >= 0.6 is 0 Å². The summed E-state index contributed by atoms with van der Waals surface area (Å²) in [6.45, 7) is 1.80. The van der Waals surface area contributed by atoms with E-state index < -0.39 is 12.1 Å². The van der Waals surface area contributed by atoms with Crippen LogP contribution in [0.5, 0.6) is 0 Å². The third-order valence-corrected chi connectivity index (χ3v) is 7.89. The zero-order chi connectivity index (χ0) is 27.8. The van der Waals surface area contributed by atoms with Crippen LogP contribution in [0.1, 0.15) is 30.4 Å². The van der Waals surface area contributed by atoms with Crippen LogP contribution in [-0.2, 0) is 27.2 Å². The molecule has 0 bridgehead atoms. The summed E-state index contributed by atoms with van der Waals surface area (Å²) in [4.78, 5) is 43.7. The van der Waals surface area contributed by atoms with E-state index in [0.717, 1.165) is 47.8 Å². The molecule has 1 aliphatic rings. The predicted octanol–water partition coefficient (Wildman–Crippen LogP) is 3.41. The SMILES string of the molecule is CNC(=O)[C@@H](Cc1ccccc1)N(C)C(=O)[C@@H](Cc1ccc2ccccc2c1)N(C)C(=O)C[C@H]1CCCNC1. The predicted molar refractivity (Wildman–Crippen MR) is 155 cm³/mol. The van der Waals surface area contributed by atoms with E-state index in [4.69, 9.17) is 0 Å². The lowest BCUT2D eigenvalue weighted by Gasteiger charge is -2.35. The monoisotopic (exact) mass is 528 g/mol. The van der Waals surface area contributed by atoms with Gasteiger partial charge in [-0.25, -0.2) is 0 Å². The van der Waals surface area contributed by atoms with Crippen molar-refractivity contribution in [3.05, 3.63) is 83.9 Å². The highest BCUT2D eigenvalue weighted by Crippen LogP contribution is 2.22. The molecule has 3 atom stereocenters. The number of carbonyl (C=O) groups is 3. The normalized spacial score (nSPS) is 16.7. The fourth-order valence-electron chi connectivity index (χ4n) is 5.44. The van der Waals surface area contributed by atoms with E-state index in [1.165, 1.54) is 4.90 Å². The Morgan fingerprint density at radius 1 is 0.872 bits per heavy atom. The first-order chi connectivity index (χ1) is 18.9. The van der Waals surface area contributed by atoms with Crippen molar-refractivity contribution in [2.75, 3.05) is 34.2 Å². The van der Waals surface area contributed by atoms with Crippen molar-refractivity contribution in [1.82, 2.24) is 20.4 Å². The number of hydrogen-bond donors (Lipinski definition) is 2. The smallest absolute Gasteiger partial charge is 0.246 e. The van der Waals surface area contributed by atoms with Gasteiger partial charge in [0.2, 0.25) is 17.7 Å². The molecule has 4 rings (SSSR count). The second-order valence-corrected chi connectivity index (χ2v) is 10.6. The van der Waals surface area contributed by atoms with Gasteiger partial charge in [-0.2, -0.15) is 0 Å². The first kappa shape index (κ1) is 28.3. The molecule has 1 aliphatic heterocycles. The number of likely N-dealkylation sites (N-methyl/N-ethyl adjacent to an activating group) is 3. The maximum atomic E-state index is 14.1. The van der Waals surface area contributed by atoms with Gasteiger partial charge in [0.05, 0.1) is 0 Å². The van der Waals surface area contributed by atoms with Gasteiger partial charge in [0.15, 0.2) is 0 Å². The van der Waals surface area contributed by atoms with E-state index in [2.05, 4.69) is 22.8 Å². The Labute approximate surface area is 231 Å². The van der Waals surface area contributed by atoms with Crippen molar-refractivity contribution in [2.24, 2.45) is 5.92 Å². The highest BCUT2D eigenvalue weighted by Gasteiger charge is 2.35. The van der Waals surface area contributed by atoms with Gasteiger partial charge >= 0.3 is 0 Å². The lowest BCUT2D eigenvalue weighted by atomic mass is 9.94. The Balaban J connectivity index is 1.61. The molecule has 0 spiro atoms. The van der Waals surface area contributed by atoms with Crippen molar-refractivity contribution >= 4 is 28.5 Å². The van der Waals surface area contributed by atoms with E-state index >= 15 is 0 Å². The summed E-state index contributed by atoms with van der Waals surface area (Å²) in [6, 6.07) is 22.5. The maximum Gasteiger partial charge on any atom is 0.246 e. The summed E-state index contributed by atoms with van der Waals surface area (Å²) >= 11 is 0. The largest absolute Gasteiger partial charge is 0.357 e. The molecular formula is C32H40N4O3. The molecule has 2 N–H and O–H groups in total. The van der Waals surface area contributed by atoms with Crippen LogP contribution in [0.25, 0.3) is 10.8 Å². The van der Waals surface area contributed by atoms with Crippen LogP contribution in [0, 0.1) is 5.92 Å². The molecule has 0 aliphatic carbocycles. The van der Waals surface area contributed by atoms with Crippen LogP contribution in [-0.4, -0.2) is 73.8 Å². The molecule has 0 aromatic heterocycles. The lowest BCUT2D eigenvalue weighted by Crippen LogP contribution is -2.56. The van der Waals surface area contributed by atoms with Gasteiger partial charge in [-0.15, -0.1) is 0 Å². The zero-order valence-corrected chi connectivity index (χ0v) is 23.2. The molecule has 206 valence electrons. The van der Waals surface area contributed by atoms with E-state index in [1.54, 1.807) is 26.0 Å². The average molecular weight is 529 g/mol. The first-order valence-corrected chi connectivity index (χ1v) is 13.8. The Bertz CT molecular complexity index is 1270. The molecule has 7 nitrogen and oxygen atoms in total. The molecular weight excluding hydrogens is 488 g/mol. The summed E-state index contributed by atoms with van der Waals surface area (Å²) in [6.07, 6.45) is 3.21. The number of nitrogens with one attached hydrogen (secondary N) is 2. The number of hydrogen-bond acceptors (Lipinski definition) is 4. The number of piperidine rings is 1. The van der Waals surface area contributed by atoms with Crippen molar-refractivity contribution in [3.63, 3.8) is 0 Å². The topological polar surface area (TPSA) is 81.8 Å². The Morgan fingerprint density at radius 3 is 2.26 bits per heavy atom. The summed E-state index contributed by atoms with van der Waals surface area (Å²) in [5.41, 5.74) is 1.94. The van der Waals surface area contributed by atoms with Crippen LogP contribution < -0.4 is 10.6 Å². The van der Waals surface area contributed by atoms with E-state index in [9.17, 15) is 14.4 Å². The van der Waals surface area contributed by atoms with Crippen molar-refractivity contribution in [1.29, 1.82) is 0 Å². The minimum atomic E-state index is -0.733. The second-order valence-electron chi connectivity index (χ2n) is 10.6. The van der Waals surface area contributed by atoms with Crippen LogP contribution in [0.4, 0.5) is 0 Å². The summed E-state index contributed by atoms with van der Waals surface area (Å²) in [7, 11) is 4.98. The van der Waals surface area contributed by atoms with Gasteiger partial charge in [0, 0.05) is 40.4 Å². The van der Waals surface area contributed by atoms with Gasteiger partial charge in [-0.05, 0) is 53.7 Å². The van der Waals surface area contributed by atoms with Gasteiger partial charge < -0.3 is 20.4 Å². The summed E-state index contributed by atoms with van der Waals surface area (Å²) < 4.78 is 0. The molecule has 0 unspecified atom stereocenters. The molecule has 1 heterocycles. The molecule has 1 saturated heterocycles. The van der Waals surface area contributed by atoms with E-state index in [-0.39, 0.29) is 23.6 Å². The summed E-state index contributed by atoms with van der Waals surface area (Å²) in [5, 5.41) is 8.30. The van der Waals surface area contributed by atoms with Crippen molar-refractivity contribution in [2.45, 2.75) is 44.2 Å². The fourth-order valence-corrected chi connectivity index (χ4v) is 5.44. The Hall–Kier alpha value is -3.71. The Morgan fingerprint density at radius 2 is 1.56 bits per heavy atom. The quantitative estimate of drug-likeness (QED) is 0.423. The third kappa shape index (κ3) is 7.24. The molecule has 1 fully saturated rings. The highest BCUT2D eigenvalue weighted by molar-refractivity contribution is 5.92. The zero-order valence-electron chi connectivity index (χ0n) is 23.2. The Kier molecular flexibility index (Phi) is 9.71. The van der Waals surface area contributed by atoms with E-state index in [1.807, 2.05) is 60.7 Å². The minimum Gasteiger partial charge on any atom is -0.357 e. The first-order valence-electron chi connectivity index (χ1n) is 13.8. The summed E-state index contributed by atoms with van der Waals surface area (Å²) in [5.74, 6) is -0.262.